The molecule has 0 radical (unpaired) electrons. The molecule has 1 aliphatic rings. The van der Waals surface area contributed by atoms with Gasteiger partial charge in [0.2, 0.25) is 10.0 Å². The van der Waals surface area contributed by atoms with E-state index in [4.69, 9.17) is 0 Å². The van der Waals surface area contributed by atoms with Crippen LogP contribution in [0.5, 0.6) is 0 Å². The van der Waals surface area contributed by atoms with Gasteiger partial charge in [-0.05, 0) is 62.9 Å². The van der Waals surface area contributed by atoms with Crippen molar-refractivity contribution >= 4 is 27.0 Å². The summed E-state index contributed by atoms with van der Waals surface area (Å²) in [4.78, 5) is 17.6. The molecule has 1 amide bonds. The Balaban J connectivity index is 1.41. The smallest absolute Gasteiger partial charge is 0.251 e. The van der Waals surface area contributed by atoms with Crippen LogP contribution in [0.3, 0.4) is 0 Å². The van der Waals surface area contributed by atoms with Crippen LogP contribution in [0, 0.1) is 13.8 Å². The first-order valence-corrected chi connectivity index (χ1v) is 12.6. The highest BCUT2D eigenvalue weighted by Gasteiger charge is 2.27. The Hall–Kier alpha value is -2.71. The second-order valence-electron chi connectivity index (χ2n) is 8.35. The topological polar surface area (TPSA) is 84.3 Å². The molecule has 0 unspecified atom stereocenters. The first kappa shape index (κ1) is 22.5. The summed E-state index contributed by atoms with van der Waals surface area (Å²) in [6, 6.07) is 12.8. The quantitative estimate of drug-likeness (QED) is 0.553. The molecule has 0 aliphatic carbocycles. The van der Waals surface area contributed by atoms with Gasteiger partial charge in [0.15, 0.2) is 0 Å². The average molecular weight is 455 g/mol. The molecule has 2 heterocycles. The Kier molecular flexibility index (Phi) is 6.62. The third kappa shape index (κ3) is 4.56. The number of benzene rings is 2. The second kappa shape index (κ2) is 9.42. The van der Waals surface area contributed by atoms with Crippen LogP contribution >= 0.6 is 0 Å². The summed E-state index contributed by atoms with van der Waals surface area (Å²) in [5.41, 5.74) is 3.23. The van der Waals surface area contributed by atoms with Gasteiger partial charge in [0.1, 0.15) is 5.82 Å². The highest BCUT2D eigenvalue weighted by atomic mass is 32.2. The van der Waals surface area contributed by atoms with Crippen molar-refractivity contribution in [2.75, 3.05) is 19.6 Å². The predicted octanol–water partition coefficient (Wildman–Crippen LogP) is 3.65. The minimum absolute atomic E-state index is 0.190. The lowest BCUT2D eigenvalue weighted by Gasteiger charge is -2.26. The van der Waals surface area contributed by atoms with Gasteiger partial charge in [0, 0.05) is 31.7 Å². The van der Waals surface area contributed by atoms with Crippen molar-refractivity contribution < 1.29 is 13.2 Å². The van der Waals surface area contributed by atoms with Crippen LogP contribution in [0.2, 0.25) is 0 Å². The summed E-state index contributed by atoms with van der Waals surface area (Å²) in [5, 5.41) is 2.95. The van der Waals surface area contributed by atoms with Gasteiger partial charge >= 0.3 is 0 Å². The second-order valence-corrected chi connectivity index (χ2v) is 10.3. The number of hydrogen-bond acceptors (Lipinski definition) is 4. The van der Waals surface area contributed by atoms with Crippen LogP contribution in [-0.2, 0) is 16.6 Å². The number of piperidine rings is 1. The largest absolute Gasteiger partial charge is 0.352 e. The highest BCUT2D eigenvalue weighted by Crippen LogP contribution is 2.23. The number of fused-ring (bicyclic) bond motifs is 1. The fraction of sp³-hybridized carbons (Fsp3) is 0.417. The molecular weight excluding hydrogens is 424 g/mol. The van der Waals surface area contributed by atoms with Gasteiger partial charge in [-0.15, -0.1) is 0 Å². The van der Waals surface area contributed by atoms with Crippen molar-refractivity contribution in [1.82, 2.24) is 19.2 Å². The minimum Gasteiger partial charge on any atom is -0.352 e. The third-order valence-corrected chi connectivity index (χ3v) is 7.99. The number of aromatic nitrogens is 2. The van der Waals surface area contributed by atoms with Crippen molar-refractivity contribution in [3.63, 3.8) is 0 Å². The van der Waals surface area contributed by atoms with E-state index in [0.717, 1.165) is 54.6 Å². The van der Waals surface area contributed by atoms with Crippen molar-refractivity contribution in [3.8, 4) is 0 Å². The number of carbonyl (C=O) groups excluding carboxylic acids is 1. The summed E-state index contributed by atoms with van der Waals surface area (Å²) in [6.07, 6.45) is 3.56. The Morgan fingerprint density at radius 1 is 1.06 bits per heavy atom. The molecule has 1 fully saturated rings. The first-order valence-electron chi connectivity index (χ1n) is 11.2. The zero-order valence-electron chi connectivity index (χ0n) is 18.7. The Bertz CT molecular complexity index is 1230. The van der Waals surface area contributed by atoms with Crippen LogP contribution in [0.1, 0.15) is 47.4 Å². The fourth-order valence-electron chi connectivity index (χ4n) is 4.27. The van der Waals surface area contributed by atoms with Crippen molar-refractivity contribution in [1.29, 1.82) is 0 Å². The number of rotatable bonds is 7. The maximum absolute atomic E-state index is 13.0. The lowest BCUT2D eigenvalue weighted by molar-refractivity contribution is 0.0952. The van der Waals surface area contributed by atoms with Gasteiger partial charge in [-0.2, -0.15) is 4.31 Å². The number of para-hydroxylation sites is 2. The van der Waals surface area contributed by atoms with Gasteiger partial charge in [-0.3, -0.25) is 4.79 Å². The van der Waals surface area contributed by atoms with Crippen LogP contribution in [-0.4, -0.2) is 47.8 Å². The number of aryl methyl sites for hydroxylation is 3. The van der Waals surface area contributed by atoms with Gasteiger partial charge in [-0.1, -0.05) is 24.6 Å². The summed E-state index contributed by atoms with van der Waals surface area (Å²) in [6.45, 7) is 6.13. The van der Waals surface area contributed by atoms with E-state index in [9.17, 15) is 13.2 Å². The van der Waals surface area contributed by atoms with Crippen LogP contribution in [0.25, 0.3) is 11.0 Å². The molecule has 32 heavy (non-hydrogen) atoms. The van der Waals surface area contributed by atoms with Crippen LogP contribution in [0.15, 0.2) is 47.4 Å². The highest BCUT2D eigenvalue weighted by molar-refractivity contribution is 7.89. The number of sulfonamides is 1. The lowest BCUT2D eigenvalue weighted by Crippen LogP contribution is -2.35. The van der Waals surface area contributed by atoms with Crippen molar-refractivity contribution in [2.24, 2.45) is 0 Å². The fourth-order valence-corrected chi connectivity index (χ4v) is 5.82. The Labute approximate surface area is 189 Å². The molecular formula is C24H30N4O3S. The molecule has 0 spiro atoms. The molecule has 7 nitrogen and oxygen atoms in total. The van der Waals surface area contributed by atoms with Crippen LogP contribution < -0.4 is 5.32 Å². The molecule has 170 valence electrons. The van der Waals surface area contributed by atoms with E-state index >= 15 is 0 Å². The molecule has 1 saturated heterocycles. The summed E-state index contributed by atoms with van der Waals surface area (Å²) >= 11 is 0. The van der Waals surface area contributed by atoms with E-state index in [0.29, 0.717) is 25.2 Å². The third-order valence-electron chi connectivity index (χ3n) is 6.10. The van der Waals surface area contributed by atoms with E-state index in [1.54, 1.807) is 12.1 Å². The number of amides is 1. The van der Waals surface area contributed by atoms with Gasteiger partial charge in [-0.25, -0.2) is 13.4 Å². The number of hydrogen-bond donors (Lipinski definition) is 1. The summed E-state index contributed by atoms with van der Waals surface area (Å²) < 4.78 is 29.7. The number of nitrogens with zero attached hydrogens (tertiary/aromatic N) is 3. The summed E-state index contributed by atoms with van der Waals surface area (Å²) in [7, 11) is -3.57. The summed E-state index contributed by atoms with van der Waals surface area (Å²) in [5.74, 6) is 0.703. The standard InChI is InChI=1S/C24H30N4O3S/c1-18-11-12-20(32(30,31)27-14-6-3-7-15-27)17-21(18)24(29)25-13-8-16-28-19(2)26-22-9-4-5-10-23(22)28/h4-5,9-12,17H,3,6-8,13-16H2,1-2H3,(H,25,29). The molecule has 0 saturated carbocycles. The van der Waals surface area contributed by atoms with Gasteiger partial charge in [0.05, 0.1) is 15.9 Å². The average Bonchev–Trinajstić information content (AvgIpc) is 3.12. The SMILES string of the molecule is Cc1ccc(S(=O)(=O)N2CCCCC2)cc1C(=O)NCCCn1c(C)nc2ccccc21. The monoisotopic (exact) mass is 454 g/mol. The number of imidazole rings is 1. The predicted molar refractivity (Wildman–Crippen MR) is 125 cm³/mol. The first-order chi connectivity index (χ1) is 15.4. The van der Waals surface area contributed by atoms with E-state index in [1.165, 1.54) is 10.4 Å². The Morgan fingerprint density at radius 2 is 1.81 bits per heavy atom. The molecule has 0 atom stereocenters. The zero-order chi connectivity index (χ0) is 22.7. The lowest BCUT2D eigenvalue weighted by atomic mass is 10.1. The minimum atomic E-state index is -3.57. The molecule has 4 rings (SSSR count). The van der Waals surface area contributed by atoms with Gasteiger partial charge < -0.3 is 9.88 Å². The molecule has 1 N–H and O–H groups in total. The normalized spacial score (nSPS) is 15.2. The molecule has 1 aromatic heterocycles. The van der Waals surface area contributed by atoms with Gasteiger partial charge in [0.25, 0.3) is 5.91 Å². The van der Waals surface area contributed by atoms with Crippen LogP contribution in [0.4, 0.5) is 0 Å². The maximum Gasteiger partial charge on any atom is 0.251 e. The molecule has 0 bridgehead atoms. The Morgan fingerprint density at radius 3 is 2.59 bits per heavy atom. The molecule has 2 aromatic carbocycles. The maximum atomic E-state index is 13.0. The van der Waals surface area contributed by atoms with E-state index in [2.05, 4.69) is 14.9 Å². The molecule has 3 aromatic rings. The van der Waals surface area contributed by atoms with Crippen molar-refractivity contribution in [2.45, 2.75) is 51.0 Å². The van der Waals surface area contributed by atoms with E-state index in [1.807, 2.05) is 38.1 Å². The molecule has 1 aliphatic heterocycles. The number of carbonyl (C=O) groups is 1. The van der Waals surface area contributed by atoms with E-state index in [-0.39, 0.29) is 10.8 Å². The van der Waals surface area contributed by atoms with Crippen molar-refractivity contribution in [3.05, 3.63) is 59.4 Å². The molecule has 8 heteroatoms. The van der Waals surface area contributed by atoms with E-state index < -0.39 is 10.0 Å². The number of nitrogens with one attached hydrogen (secondary N) is 1. The zero-order valence-corrected chi connectivity index (χ0v) is 19.5.